The molecule has 0 amide bonds. The molecule has 0 N–H and O–H groups in total. The number of hydrogen-bond donors (Lipinski definition) is 0. The molecule has 1 nitrogen and oxygen atoms in total. The molecule has 2 aromatic carbocycles. The third-order valence-electron chi connectivity index (χ3n) is 3.39. The van der Waals surface area contributed by atoms with Crippen LogP contribution in [0.15, 0.2) is 60.7 Å². The second-order valence-electron chi connectivity index (χ2n) is 5.80. The molecule has 0 atom stereocenters. The van der Waals surface area contributed by atoms with Gasteiger partial charge in [-0.1, -0.05) is 0 Å². The third kappa shape index (κ3) is 2.23. The van der Waals surface area contributed by atoms with Gasteiger partial charge in [0.15, 0.2) is 0 Å². The average Bonchev–Trinajstić information content (AvgIpc) is 2.39. The molecule has 0 aliphatic carbocycles. The molecular weight excluding hydrogens is 239 g/mol. The second kappa shape index (κ2) is 4.33. The normalized spacial score (nSPS) is 13.6. The Hall–Kier alpha value is -1.46. The van der Waals surface area contributed by atoms with Gasteiger partial charge in [-0.15, -0.1) is 0 Å². The zero-order valence-corrected chi connectivity index (χ0v) is 12.0. The molecular formula is C16H19OP. The van der Waals surface area contributed by atoms with E-state index in [0.717, 1.165) is 10.9 Å². The van der Waals surface area contributed by atoms with Crippen molar-refractivity contribution in [1.29, 1.82) is 0 Å². The Morgan fingerprint density at radius 3 is 1.72 bits per heavy atom. The summed E-state index contributed by atoms with van der Waals surface area (Å²) in [6, 6.07) is 19.7. The first-order valence-electron chi connectivity index (χ1n) is 6.06. The van der Waals surface area contributed by atoms with E-state index in [-0.39, 0.29) is 5.52 Å². The monoisotopic (exact) mass is 258 g/mol. The fourth-order valence-corrected chi connectivity index (χ4v) is 4.60. The van der Waals surface area contributed by atoms with Gasteiger partial charge in [-0.2, -0.15) is 0 Å². The van der Waals surface area contributed by atoms with Gasteiger partial charge in [-0.25, -0.2) is 0 Å². The summed E-state index contributed by atoms with van der Waals surface area (Å²) in [5, 5.41) is 1.16. The van der Waals surface area contributed by atoms with Crippen molar-refractivity contribution in [3.8, 4) is 0 Å². The van der Waals surface area contributed by atoms with Gasteiger partial charge >= 0.3 is 108 Å². The Labute approximate surface area is 109 Å². The van der Waals surface area contributed by atoms with Crippen molar-refractivity contribution in [3.63, 3.8) is 0 Å². The summed E-state index contributed by atoms with van der Waals surface area (Å²) >= 11 is 0. The first-order valence-corrected chi connectivity index (χ1v) is 9.64. The molecule has 0 bridgehead atoms. The van der Waals surface area contributed by atoms with Gasteiger partial charge in [-0.3, -0.25) is 0 Å². The molecule has 0 spiro atoms. The van der Waals surface area contributed by atoms with Crippen LogP contribution < -0.4 is 5.30 Å². The molecule has 2 rings (SSSR count). The zero-order valence-electron chi connectivity index (χ0n) is 11.1. The summed E-state index contributed by atoms with van der Waals surface area (Å²) in [4.78, 5) is 12.8. The molecule has 0 saturated heterocycles. The summed E-state index contributed by atoms with van der Waals surface area (Å²) in [6.07, 6.45) is 0. The maximum atomic E-state index is 12.8. The van der Waals surface area contributed by atoms with Crippen LogP contribution in [0.5, 0.6) is 0 Å². The fraction of sp³-hybridized carbons (Fsp3) is 0.188. The fourth-order valence-electron chi connectivity index (χ4n) is 2.10. The quantitative estimate of drug-likeness (QED) is 0.769. The summed E-state index contributed by atoms with van der Waals surface area (Å²) in [7, 11) is 0. The van der Waals surface area contributed by atoms with Crippen LogP contribution in [0.4, 0.5) is 0 Å². The van der Waals surface area contributed by atoms with Gasteiger partial charge in [-0.05, 0) is 0 Å². The van der Waals surface area contributed by atoms with Crippen LogP contribution >= 0.6 is 6.60 Å². The number of carbonyl (C=O) groups is 1. The van der Waals surface area contributed by atoms with Crippen LogP contribution in [0.3, 0.4) is 0 Å². The van der Waals surface area contributed by atoms with Crippen LogP contribution in [0, 0.1) is 0 Å². The predicted octanol–water partition coefficient (Wildman–Crippen LogP) is 3.60. The molecule has 0 unspecified atom stereocenters. The van der Waals surface area contributed by atoms with Crippen molar-refractivity contribution in [2.75, 3.05) is 20.0 Å². The van der Waals surface area contributed by atoms with E-state index in [4.69, 9.17) is 0 Å². The van der Waals surface area contributed by atoms with Crippen molar-refractivity contribution in [3.05, 3.63) is 66.2 Å². The Morgan fingerprint density at radius 2 is 1.22 bits per heavy atom. The minimum atomic E-state index is -2.54. The molecule has 0 aliphatic heterocycles. The second-order valence-corrected chi connectivity index (χ2v) is 12.3. The van der Waals surface area contributed by atoms with Crippen molar-refractivity contribution in [1.82, 2.24) is 0 Å². The van der Waals surface area contributed by atoms with Crippen LogP contribution in [0.1, 0.15) is 10.4 Å². The molecule has 18 heavy (non-hydrogen) atoms. The standard InChI is InChI=1S/C16H19OP/c1-18(2,3,15-12-8-5-9-13-15)16(17)14-10-6-4-7-11-14/h4-13H,1-3H3. The first kappa shape index (κ1) is 13.0. The predicted molar refractivity (Wildman–Crippen MR) is 81.5 cm³/mol. The van der Waals surface area contributed by atoms with E-state index >= 15 is 0 Å². The summed E-state index contributed by atoms with van der Waals surface area (Å²) in [6.45, 7) is 3.82. The number of rotatable bonds is 3. The molecule has 0 aromatic heterocycles. The first-order chi connectivity index (χ1) is 8.40. The molecule has 0 fully saturated rings. The summed E-state index contributed by atoms with van der Waals surface area (Å²) < 4.78 is 0. The molecule has 0 saturated carbocycles. The molecule has 2 aromatic rings. The Kier molecular flexibility index (Phi) is 3.12. The number of carbonyl (C=O) groups excluding carboxylic acids is 1. The number of benzene rings is 2. The van der Waals surface area contributed by atoms with E-state index in [0.29, 0.717) is 0 Å². The summed E-state index contributed by atoms with van der Waals surface area (Å²) in [5.41, 5.74) is 1.08. The zero-order chi connectivity index (χ0) is 13.3. The topological polar surface area (TPSA) is 17.1 Å². The van der Waals surface area contributed by atoms with Crippen LogP contribution in [-0.4, -0.2) is 25.5 Å². The van der Waals surface area contributed by atoms with Gasteiger partial charge in [0.25, 0.3) is 0 Å². The van der Waals surface area contributed by atoms with Crippen LogP contribution in [0.25, 0.3) is 0 Å². The van der Waals surface area contributed by atoms with E-state index in [1.165, 1.54) is 0 Å². The molecule has 2 heteroatoms. The molecule has 0 radical (unpaired) electrons. The molecule has 0 heterocycles. The van der Waals surface area contributed by atoms with Crippen molar-refractivity contribution < 1.29 is 4.79 Å². The van der Waals surface area contributed by atoms with Gasteiger partial charge in [0.05, 0.1) is 0 Å². The SMILES string of the molecule is CP(C)(C)(C(=O)c1ccccc1)c1ccccc1. The summed E-state index contributed by atoms with van der Waals surface area (Å²) in [5.74, 6) is 0. The molecule has 94 valence electrons. The Morgan fingerprint density at radius 1 is 0.778 bits per heavy atom. The van der Waals surface area contributed by atoms with Crippen LogP contribution in [-0.2, 0) is 0 Å². The minimum absolute atomic E-state index is 0.271. The molecule has 0 aliphatic rings. The van der Waals surface area contributed by atoms with Gasteiger partial charge in [0.1, 0.15) is 0 Å². The third-order valence-corrected chi connectivity index (χ3v) is 7.18. The van der Waals surface area contributed by atoms with Crippen molar-refractivity contribution in [2.45, 2.75) is 0 Å². The van der Waals surface area contributed by atoms with E-state index in [1.807, 2.05) is 48.5 Å². The van der Waals surface area contributed by atoms with Gasteiger partial charge in [0, 0.05) is 0 Å². The maximum absolute atomic E-state index is 12.8. The van der Waals surface area contributed by atoms with E-state index in [1.54, 1.807) is 0 Å². The number of hydrogen-bond acceptors (Lipinski definition) is 1. The van der Waals surface area contributed by atoms with Crippen molar-refractivity contribution >= 4 is 17.4 Å². The van der Waals surface area contributed by atoms with E-state index in [2.05, 4.69) is 32.1 Å². The Balaban J connectivity index is 2.51. The van der Waals surface area contributed by atoms with E-state index in [9.17, 15) is 4.79 Å². The van der Waals surface area contributed by atoms with Crippen molar-refractivity contribution in [2.24, 2.45) is 0 Å². The van der Waals surface area contributed by atoms with Crippen LogP contribution in [0.2, 0.25) is 0 Å². The average molecular weight is 258 g/mol. The Bertz CT molecular complexity index is 550. The van der Waals surface area contributed by atoms with Gasteiger partial charge < -0.3 is 0 Å². The van der Waals surface area contributed by atoms with Gasteiger partial charge in [0.2, 0.25) is 0 Å². The van der Waals surface area contributed by atoms with E-state index < -0.39 is 6.60 Å².